The summed E-state index contributed by atoms with van der Waals surface area (Å²) in [5.41, 5.74) is 2.96. The number of H-pyrrole nitrogens is 1. The zero-order valence-electron chi connectivity index (χ0n) is 14.3. The van der Waals surface area contributed by atoms with E-state index in [0.717, 1.165) is 17.0 Å². The molecule has 0 saturated heterocycles. The predicted octanol–water partition coefficient (Wildman–Crippen LogP) is 4.64. The molecule has 0 amide bonds. The van der Waals surface area contributed by atoms with E-state index < -0.39 is 0 Å². The fourth-order valence-corrected chi connectivity index (χ4v) is 2.57. The molecule has 0 atom stereocenters. The van der Waals surface area contributed by atoms with Crippen LogP contribution >= 0.6 is 11.6 Å². The number of hydrogen-bond acceptors (Lipinski definition) is 4. The number of rotatable bonds is 6. The summed E-state index contributed by atoms with van der Waals surface area (Å²) in [7, 11) is 3.08. The molecule has 0 bridgehead atoms. The fourth-order valence-electron chi connectivity index (χ4n) is 2.44. The van der Waals surface area contributed by atoms with Crippen molar-refractivity contribution >= 4 is 23.5 Å². The van der Waals surface area contributed by atoms with Gasteiger partial charge in [-0.1, -0.05) is 23.7 Å². The van der Waals surface area contributed by atoms with Crippen molar-refractivity contribution < 1.29 is 14.3 Å². The van der Waals surface area contributed by atoms with Crippen molar-refractivity contribution in [2.75, 3.05) is 14.2 Å². The molecule has 6 heteroatoms. The first-order valence-electron chi connectivity index (χ1n) is 7.86. The van der Waals surface area contributed by atoms with Crippen molar-refractivity contribution in [3.63, 3.8) is 0 Å². The van der Waals surface area contributed by atoms with E-state index in [0.29, 0.717) is 22.1 Å². The van der Waals surface area contributed by atoms with Crippen LogP contribution in [0.2, 0.25) is 5.02 Å². The van der Waals surface area contributed by atoms with Crippen LogP contribution in [0.1, 0.15) is 16.1 Å². The Bertz CT molecular complexity index is 946. The SMILES string of the molecule is COc1ccc(C(=O)/C=C/c2cc(-c3ccc(Cl)cc3)n[nH]2)cc1OC. The van der Waals surface area contributed by atoms with Crippen LogP contribution in [0.25, 0.3) is 17.3 Å². The molecule has 0 radical (unpaired) electrons. The van der Waals surface area contributed by atoms with Crippen LogP contribution in [-0.2, 0) is 0 Å². The number of carbonyl (C=O) groups is 1. The molecule has 0 spiro atoms. The van der Waals surface area contributed by atoms with Gasteiger partial charge in [-0.2, -0.15) is 5.10 Å². The largest absolute Gasteiger partial charge is 0.493 e. The molecule has 3 rings (SSSR count). The van der Waals surface area contributed by atoms with Gasteiger partial charge in [-0.15, -0.1) is 0 Å². The molecule has 5 nitrogen and oxygen atoms in total. The minimum absolute atomic E-state index is 0.145. The molecular weight excluding hydrogens is 352 g/mol. The molecule has 0 aliphatic heterocycles. The molecule has 2 aromatic carbocycles. The summed E-state index contributed by atoms with van der Waals surface area (Å²) < 4.78 is 10.4. The lowest BCUT2D eigenvalue weighted by atomic mass is 10.1. The molecule has 0 aliphatic carbocycles. The smallest absolute Gasteiger partial charge is 0.186 e. The summed E-state index contributed by atoms with van der Waals surface area (Å²) >= 11 is 5.89. The van der Waals surface area contributed by atoms with Gasteiger partial charge in [0.2, 0.25) is 0 Å². The van der Waals surface area contributed by atoms with Crippen LogP contribution in [0, 0.1) is 0 Å². The van der Waals surface area contributed by atoms with E-state index in [1.54, 1.807) is 31.4 Å². The summed E-state index contributed by atoms with van der Waals surface area (Å²) in [5.74, 6) is 0.945. The third-order valence-electron chi connectivity index (χ3n) is 3.82. The number of aromatic nitrogens is 2. The zero-order valence-corrected chi connectivity index (χ0v) is 15.1. The van der Waals surface area contributed by atoms with Gasteiger partial charge in [0.05, 0.1) is 25.6 Å². The maximum Gasteiger partial charge on any atom is 0.186 e. The van der Waals surface area contributed by atoms with E-state index in [1.807, 2.05) is 30.3 Å². The third kappa shape index (κ3) is 3.95. The number of carbonyl (C=O) groups excluding carboxylic acids is 1. The summed E-state index contributed by atoms with van der Waals surface area (Å²) in [5, 5.41) is 7.82. The molecule has 132 valence electrons. The second-order valence-corrected chi connectivity index (χ2v) is 5.92. The van der Waals surface area contributed by atoms with Gasteiger partial charge in [-0.05, 0) is 48.6 Å². The second-order valence-electron chi connectivity index (χ2n) is 5.48. The van der Waals surface area contributed by atoms with Gasteiger partial charge in [-0.25, -0.2) is 0 Å². The number of benzene rings is 2. The van der Waals surface area contributed by atoms with Gasteiger partial charge < -0.3 is 9.47 Å². The van der Waals surface area contributed by atoms with E-state index in [4.69, 9.17) is 21.1 Å². The summed E-state index contributed by atoms with van der Waals surface area (Å²) in [4.78, 5) is 12.4. The van der Waals surface area contributed by atoms with Gasteiger partial charge in [-0.3, -0.25) is 9.89 Å². The first kappa shape index (κ1) is 17.8. The third-order valence-corrected chi connectivity index (χ3v) is 4.07. The maximum absolute atomic E-state index is 12.4. The topological polar surface area (TPSA) is 64.2 Å². The maximum atomic E-state index is 12.4. The van der Waals surface area contributed by atoms with Crippen LogP contribution in [0.4, 0.5) is 0 Å². The van der Waals surface area contributed by atoms with E-state index in [2.05, 4.69) is 10.2 Å². The lowest BCUT2D eigenvalue weighted by molar-refractivity contribution is 0.104. The van der Waals surface area contributed by atoms with Crippen molar-refractivity contribution in [1.82, 2.24) is 10.2 Å². The minimum atomic E-state index is -0.145. The number of methoxy groups -OCH3 is 2. The number of hydrogen-bond donors (Lipinski definition) is 1. The van der Waals surface area contributed by atoms with E-state index in [9.17, 15) is 4.79 Å². The monoisotopic (exact) mass is 368 g/mol. The highest BCUT2D eigenvalue weighted by molar-refractivity contribution is 6.30. The molecule has 0 unspecified atom stereocenters. The Hall–Kier alpha value is -3.05. The molecule has 1 heterocycles. The first-order valence-corrected chi connectivity index (χ1v) is 8.24. The number of nitrogens with one attached hydrogen (secondary N) is 1. The molecule has 1 N–H and O–H groups in total. The van der Waals surface area contributed by atoms with Crippen LogP contribution in [0.3, 0.4) is 0 Å². The van der Waals surface area contributed by atoms with E-state index in [1.165, 1.54) is 13.2 Å². The zero-order chi connectivity index (χ0) is 18.5. The van der Waals surface area contributed by atoms with Crippen molar-refractivity contribution in [3.05, 3.63) is 70.9 Å². The van der Waals surface area contributed by atoms with Crippen molar-refractivity contribution in [2.24, 2.45) is 0 Å². The van der Waals surface area contributed by atoms with Gasteiger partial charge in [0.25, 0.3) is 0 Å². The lowest BCUT2D eigenvalue weighted by Crippen LogP contribution is -1.97. The Morgan fingerprint density at radius 3 is 2.46 bits per heavy atom. The fraction of sp³-hybridized carbons (Fsp3) is 0.100. The summed E-state index contributed by atoms with van der Waals surface area (Å²) in [6, 6.07) is 14.3. The Kier molecular flexibility index (Phi) is 5.39. The molecule has 26 heavy (non-hydrogen) atoms. The van der Waals surface area contributed by atoms with Gasteiger partial charge in [0, 0.05) is 16.1 Å². The Balaban J connectivity index is 1.76. The first-order chi connectivity index (χ1) is 12.6. The highest BCUT2D eigenvalue weighted by Crippen LogP contribution is 2.28. The Labute approximate surface area is 156 Å². The molecule has 1 aromatic heterocycles. The molecular formula is C20H17ClN2O3. The minimum Gasteiger partial charge on any atom is -0.493 e. The summed E-state index contributed by atoms with van der Waals surface area (Å²) in [6.45, 7) is 0. The van der Waals surface area contributed by atoms with Crippen molar-refractivity contribution in [2.45, 2.75) is 0 Å². The normalized spacial score (nSPS) is 10.9. The average Bonchev–Trinajstić information content (AvgIpc) is 3.15. The van der Waals surface area contributed by atoms with E-state index in [-0.39, 0.29) is 5.78 Å². The Morgan fingerprint density at radius 2 is 1.77 bits per heavy atom. The lowest BCUT2D eigenvalue weighted by Gasteiger charge is -2.07. The predicted molar refractivity (Wildman–Crippen MR) is 102 cm³/mol. The number of halogens is 1. The van der Waals surface area contributed by atoms with Crippen LogP contribution in [0.15, 0.2) is 54.6 Å². The van der Waals surface area contributed by atoms with Crippen molar-refractivity contribution in [3.8, 4) is 22.8 Å². The number of ether oxygens (including phenoxy) is 2. The van der Waals surface area contributed by atoms with Crippen LogP contribution < -0.4 is 9.47 Å². The standard InChI is InChI=1S/C20H17ClN2O3/c1-25-19-10-5-14(11-20(19)26-2)18(24)9-8-16-12-17(23-22-16)13-3-6-15(21)7-4-13/h3-12H,1-2H3,(H,22,23)/b9-8+. The highest BCUT2D eigenvalue weighted by atomic mass is 35.5. The number of allylic oxidation sites excluding steroid dienone is 1. The Morgan fingerprint density at radius 1 is 1.04 bits per heavy atom. The number of ketones is 1. The number of aromatic amines is 1. The highest BCUT2D eigenvalue weighted by Gasteiger charge is 2.09. The second kappa shape index (κ2) is 7.89. The number of nitrogens with zero attached hydrogens (tertiary/aromatic N) is 1. The van der Waals surface area contributed by atoms with Gasteiger partial charge in [0.1, 0.15) is 0 Å². The van der Waals surface area contributed by atoms with E-state index >= 15 is 0 Å². The molecule has 0 aliphatic rings. The van der Waals surface area contributed by atoms with Crippen LogP contribution in [0.5, 0.6) is 11.5 Å². The van der Waals surface area contributed by atoms with Crippen molar-refractivity contribution in [1.29, 1.82) is 0 Å². The molecule has 0 fully saturated rings. The molecule has 3 aromatic rings. The van der Waals surface area contributed by atoms with Gasteiger partial charge in [0.15, 0.2) is 17.3 Å². The van der Waals surface area contributed by atoms with Crippen LogP contribution in [-0.4, -0.2) is 30.2 Å². The summed E-state index contributed by atoms with van der Waals surface area (Å²) in [6.07, 6.45) is 3.17. The quantitative estimate of drug-likeness (QED) is 0.508. The molecule has 0 saturated carbocycles. The average molecular weight is 369 g/mol. The van der Waals surface area contributed by atoms with Gasteiger partial charge >= 0.3 is 0 Å².